The molecule has 3 rings (SSSR count). The molecule has 0 saturated carbocycles. The molecule has 2 amide bonds. The first-order valence-electron chi connectivity index (χ1n) is 7.83. The monoisotopic (exact) mass is 318 g/mol. The van der Waals surface area contributed by atoms with Crippen LogP contribution in [0.25, 0.3) is 10.2 Å². The van der Waals surface area contributed by atoms with Crippen LogP contribution in [-0.4, -0.2) is 42.1 Å². The molecule has 2 aromatic rings. The normalized spacial score (nSPS) is 18.7. The zero-order chi connectivity index (χ0) is 15.4. The van der Waals surface area contributed by atoms with E-state index in [4.69, 9.17) is 0 Å². The Bertz CT molecular complexity index is 609. The Morgan fingerprint density at radius 3 is 3.05 bits per heavy atom. The van der Waals surface area contributed by atoms with Gasteiger partial charge >= 0.3 is 6.03 Å². The number of para-hydroxylation sites is 1. The number of nitrogens with zero attached hydrogens (tertiary/aromatic N) is 2. The van der Waals surface area contributed by atoms with Crippen molar-refractivity contribution in [3.05, 3.63) is 29.3 Å². The summed E-state index contributed by atoms with van der Waals surface area (Å²) in [5.74, 6) is 0.577. The predicted octanol–water partition coefficient (Wildman–Crippen LogP) is 2.44. The fourth-order valence-corrected chi connectivity index (χ4v) is 3.72. The van der Waals surface area contributed by atoms with Gasteiger partial charge in [-0.3, -0.25) is 0 Å². The van der Waals surface area contributed by atoms with Crippen LogP contribution in [0.1, 0.15) is 18.4 Å². The van der Waals surface area contributed by atoms with Gasteiger partial charge in [-0.25, -0.2) is 9.78 Å². The first-order valence-corrected chi connectivity index (χ1v) is 8.64. The van der Waals surface area contributed by atoms with Crippen LogP contribution in [-0.2, 0) is 6.54 Å². The fourth-order valence-electron chi connectivity index (χ4n) is 2.82. The van der Waals surface area contributed by atoms with Crippen molar-refractivity contribution in [1.82, 2.24) is 20.5 Å². The van der Waals surface area contributed by atoms with E-state index in [1.807, 2.05) is 18.2 Å². The number of carbonyl (C=O) groups is 1. The molecule has 1 aromatic heterocycles. The Balaban J connectivity index is 1.42. The van der Waals surface area contributed by atoms with Crippen molar-refractivity contribution in [3.63, 3.8) is 0 Å². The highest BCUT2D eigenvalue weighted by Gasteiger charge is 2.21. The number of benzene rings is 1. The van der Waals surface area contributed by atoms with E-state index >= 15 is 0 Å². The number of nitrogens with one attached hydrogen (secondary N) is 2. The van der Waals surface area contributed by atoms with E-state index in [0.29, 0.717) is 12.5 Å². The summed E-state index contributed by atoms with van der Waals surface area (Å²) in [5, 5.41) is 6.81. The number of hydrogen-bond donors (Lipinski definition) is 2. The molecule has 5 nitrogen and oxygen atoms in total. The topological polar surface area (TPSA) is 57.3 Å². The minimum Gasteiger partial charge on any atom is -0.338 e. The summed E-state index contributed by atoms with van der Waals surface area (Å²) in [6.45, 7) is 6.75. The van der Waals surface area contributed by atoms with Crippen LogP contribution in [0.5, 0.6) is 0 Å². The molecular formula is C16H22N4OS. The van der Waals surface area contributed by atoms with E-state index in [1.165, 1.54) is 6.42 Å². The molecule has 1 atom stereocenters. The van der Waals surface area contributed by atoms with E-state index in [9.17, 15) is 4.79 Å². The van der Waals surface area contributed by atoms with Gasteiger partial charge in [0.15, 0.2) is 0 Å². The highest BCUT2D eigenvalue weighted by molar-refractivity contribution is 7.18. The Kier molecular flexibility index (Phi) is 4.90. The number of aromatic nitrogens is 1. The molecule has 0 unspecified atom stereocenters. The van der Waals surface area contributed by atoms with Crippen LogP contribution in [0, 0.1) is 5.92 Å². The summed E-state index contributed by atoms with van der Waals surface area (Å²) in [4.78, 5) is 18.8. The third-order valence-electron chi connectivity index (χ3n) is 4.11. The molecule has 6 heteroatoms. The zero-order valence-corrected chi connectivity index (χ0v) is 13.7. The van der Waals surface area contributed by atoms with Gasteiger partial charge < -0.3 is 15.5 Å². The predicted molar refractivity (Wildman–Crippen MR) is 90.1 cm³/mol. The van der Waals surface area contributed by atoms with Gasteiger partial charge in [-0.1, -0.05) is 19.1 Å². The van der Waals surface area contributed by atoms with Crippen molar-refractivity contribution in [3.8, 4) is 0 Å². The molecule has 0 bridgehead atoms. The van der Waals surface area contributed by atoms with Crippen molar-refractivity contribution in [2.24, 2.45) is 5.92 Å². The molecule has 2 N–H and O–H groups in total. The van der Waals surface area contributed by atoms with Gasteiger partial charge in [0, 0.05) is 13.1 Å². The first-order chi connectivity index (χ1) is 10.7. The Hall–Kier alpha value is -1.66. The lowest BCUT2D eigenvalue weighted by molar-refractivity contribution is 0.238. The molecule has 1 saturated heterocycles. The van der Waals surface area contributed by atoms with Gasteiger partial charge in [0.2, 0.25) is 0 Å². The standard InChI is InChI=1S/C16H22N4OS/c1-2-20-8-7-12(11-20)9-17-16(21)18-10-15-19-13-5-3-4-6-14(13)22-15/h3-6,12H,2,7-11H2,1H3,(H2,17,18,21)/t12-/m1/s1. The first kappa shape index (κ1) is 15.2. The van der Waals surface area contributed by atoms with Gasteiger partial charge in [-0.2, -0.15) is 0 Å². The van der Waals surface area contributed by atoms with Crippen LogP contribution >= 0.6 is 11.3 Å². The van der Waals surface area contributed by atoms with Gasteiger partial charge in [0.25, 0.3) is 0 Å². The highest BCUT2D eigenvalue weighted by atomic mass is 32.1. The third kappa shape index (κ3) is 3.75. The van der Waals surface area contributed by atoms with Crippen LogP contribution in [0.4, 0.5) is 4.79 Å². The molecule has 0 aliphatic carbocycles. The maximum atomic E-state index is 11.9. The number of carbonyl (C=O) groups excluding carboxylic acids is 1. The Labute approximate surface area is 134 Å². The minimum atomic E-state index is -0.103. The van der Waals surface area contributed by atoms with Crippen molar-refractivity contribution >= 4 is 27.6 Å². The minimum absolute atomic E-state index is 0.103. The number of fused-ring (bicyclic) bond motifs is 1. The van der Waals surface area contributed by atoms with Crippen molar-refractivity contribution < 1.29 is 4.79 Å². The van der Waals surface area contributed by atoms with E-state index in [-0.39, 0.29) is 6.03 Å². The lowest BCUT2D eigenvalue weighted by Gasteiger charge is -2.13. The molecule has 0 radical (unpaired) electrons. The summed E-state index contributed by atoms with van der Waals surface area (Å²) in [5.41, 5.74) is 0.996. The van der Waals surface area contributed by atoms with Crippen LogP contribution in [0.2, 0.25) is 0 Å². The van der Waals surface area contributed by atoms with E-state index < -0.39 is 0 Å². The van der Waals surface area contributed by atoms with Gasteiger partial charge in [-0.15, -0.1) is 11.3 Å². The lowest BCUT2D eigenvalue weighted by atomic mass is 10.1. The third-order valence-corrected chi connectivity index (χ3v) is 5.14. The molecule has 1 fully saturated rings. The Morgan fingerprint density at radius 1 is 1.41 bits per heavy atom. The summed E-state index contributed by atoms with van der Waals surface area (Å²) in [6, 6.07) is 7.93. The second-order valence-electron chi connectivity index (χ2n) is 5.69. The fraction of sp³-hybridized carbons (Fsp3) is 0.500. The average molecular weight is 318 g/mol. The van der Waals surface area contributed by atoms with Crippen molar-refractivity contribution in [2.75, 3.05) is 26.2 Å². The van der Waals surface area contributed by atoms with E-state index in [1.54, 1.807) is 11.3 Å². The second kappa shape index (κ2) is 7.07. The SMILES string of the molecule is CCN1CC[C@H](CNC(=O)NCc2nc3ccccc3s2)C1. The molecule has 22 heavy (non-hydrogen) atoms. The maximum absolute atomic E-state index is 11.9. The summed E-state index contributed by atoms with van der Waals surface area (Å²) in [7, 11) is 0. The average Bonchev–Trinajstić information content (AvgIpc) is 3.16. The highest BCUT2D eigenvalue weighted by Crippen LogP contribution is 2.21. The van der Waals surface area contributed by atoms with Gasteiger partial charge in [0.05, 0.1) is 16.8 Å². The number of likely N-dealkylation sites (tertiary alicyclic amines) is 1. The number of rotatable bonds is 5. The van der Waals surface area contributed by atoms with Crippen LogP contribution in [0.3, 0.4) is 0 Å². The summed E-state index contributed by atoms with van der Waals surface area (Å²) >= 11 is 1.63. The number of urea groups is 1. The second-order valence-corrected chi connectivity index (χ2v) is 6.80. The number of thiazole rings is 1. The van der Waals surface area contributed by atoms with Crippen LogP contribution < -0.4 is 10.6 Å². The lowest BCUT2D eigenvalue weighted by Crippen LogP contribution is -2.38. The molecule has 1 aliphatic rings. The molecule has 2 heterocycles. The van der Waals surface area contributed by atoms with E-state index in [0.717, 1.165) is 41.4 Å². The molecule has 118 valence electrons. The largest absolute Gasteiger partial charge is 0.338 e. The van der Waals surface area contributed by atoms with Gasteiger partial charge in [-0.05, 0) is 37.6 Å². The molecule has 1 aliphatic heterocycles. The molecular weight excluding hydrogens is 296 g/mol. The summed E-state index contributed by atoms with van der Waals surface area (Å²) in [6.07, 6.45) is 1.17. The van der Waals surface area contributed by atoms with Crippen molar-refractivity contribution in [2.45, 2.75) is 19.9 Å². The number of amides is 2. The summed E-state index contributed by atoms with van der Waals surface area (Å²) < 4.78 is 1.16. The van der Waals surface area contributed by atoms with Gasteiger partial charge in [0.1, 0.15) is 5.01 Å². The maximum Gasteiger partial charge on any atom is 0.315 e. The zero-order valence-electron chi connectivity index (χ0n) is 12.8. The molecule has 0 spiro atoms. The number of hydrogen-bond acceptors (Lipinski definition) is 4. The molecule has 1 aromatic carbocycles. The quantitative estimate of drug-likeness (QED) is 0.890. The Morgan fingerprint density at radius 2 is 2.27 bits per heavy atom. The van der Waals surface area contributed by atoms with Crippen molar-refractivity contribution in [1.29, 1.82) is 0 Å². The van der Waals surface area contributed by atoms with E-state index in [2.05, 4.69) is 33.5 Å². The smallest absolute Gasteiger partial charge is 0.315 e. The van der Waals surface area contributed by atoms with Crippen LogP contribution in [0.15, 0.2) is 24.3 Å².